The molecule has 3 atom stereocenters. The van der Waals surface area contributed by atoms with Crippen molar-refractivity contribution in [3.05, 3.63) is 11.9 Å². The number of aliphatic hydroxyl groups is 1. The highest BCUT2D eigenvalue weighted by Gasteiger charge is 2.54. The molecule has 3 rings (SSSR count). The lowest BCUT2D eigenvalue weighted by molar-refractivity contribution is 0.133. The van der Waals surface area contributed by atoms with Gasteiger partial charge >= 0.3 is 0 Å². The summed E-state index contributed by atoms with van der Waals surface area (Å²) in [6.45, 7) is 0. The number of nitrogens with zero attached hydrogens (tertiary/aromatic N) is 3. The SMILES string of the molecule is Cn1nncc1C(O)C1C2CCCCC21. The van der Waals surface area contributed by atoms with Gasteiger partial charge in [-0.1, -0.05) is 18.1 Å². The van der Waals surface area contributed by atoms with Crippen LogP contribution in [0, 0.1) is 17.8 Å². The minimum absolute atomic E-state index is 0.349. The van der Waals surface area contributed by atoms with E-state index in [4.69, 9.17) is 0 Å². The number of hydrogen-bond donors (Lipinski definition) is 1. The zero-order chi connectivity index (χ0) is 10.4. The van der Waals surface area contributed by atoms with Crippen LogP contribution in [0.4, 0.5) is 0 Å². The molecule has 1 aromatic rings. The molecule has 0 aliphatic heterocycles. The van der Waals surface area contributed by atoms with Crippen molar-refractivity contribution in [3.8, 4) is 0 Å². The van der Waals surface area contributed by atoms with Gasteiger partial charge in [0.05, 0.1) is 11.9 Å². The Morgan fingerprint density at radius 2 is 2.07 bits per heavy atom. The number of hydrogen-bond acceptors (Lipinski definition) is 3. The van der Waals surface area contributed by atoms with Crippen molar-refractivity contribution in [2.45, 2.75) is 31.8 Å². The van der Waals surface area contributed by atoms with E-state index in [9.17, 15) is 5.11 Å². The lowest BCUT2D eigenvalue weighted by Crippen LogP contribution is -2.08. The predicted molar refractivity (Wildman–Crippen MR) is 54.9 cm³/mol. The highest BCUT2D eigenvalue weighted by Crippen LogP contribution is 2.60. The van der Waals surface area contributed by atoms with Crippen molar-refractivity contribution in [1.82, 2.24) is 15.0 Å². The molecule has 1 N–H and O–H groups in total. The van der Waals surface area contributed by atoms with Crippen LogP contribution in [0.2, 0.25) is 0 Å². The molecule has 0 bridgehead atoms. The zero-order valence-electron chi connectivity index (χ0n) is 9.00. The first kappa shape index (κ1) is 9.33. The molecular formula is C11H17N3O. The average molecular weight is 207 g/mol. The first-order valence-electron chi connectivity index (χ1n) is 5.81. The summed E-state index contributed by atoms with van der Waals surface area (Å²) in [5, 5.41) is 18.0. The van der Waals surface area contributed by atoms with Gasteiger partial charge in [-0.3, -0.25) is 0 Å². The van der Waals surface area contributed by atoms with Crippen molar-refractivity contribution in [1.29, 1.82) is 0 Å². The van der Waals surface area contributed by atoms with Gasteiger partial charge in [0.1, 0.15) is 6.10 Å². The summed E-state index contributed by atoms with van der Waals surface area (Å²) in [6.07, 6.45) is 6.63. The maximum Gasteiger partial charge on any atom is 0.101 e. The lowest BCUT2D eigenvalue weighted by Gasteiger charge is -2.09. The summed E-state index contributed by atoms with van der Waals surface area (Å²) in [5.41, 5.74) is 0.870. The van der Waals surface area contributed by atoms with E-state index in [-0.39, 0.29) is 6.10 Å². The quantitative estimate of drug-likeness (QED) is 0.795. The fraction of sp³-hybridized carbons (Fsp3) is 0.818. The normalized spacial score (nSPS) is 36.0. The first-order chi connectivity index (χ1) is 7.29. The van der Waals surface area contributed by atoms with Gasteiger partial charge in [-0.2, -0.15) is 0 Å². The lowest BCUT2D eigenvalue weighted by atomic mass is 10.0. The van der Waals surface area contributed by atoms with Gasteiger partial charge in [-0.05, 0) is 30.6 Å². The second-order valence-corrected chi connectivity index (χ2v) is 4.92. The third-order valence-corrected chi connectivity index (χ3v) is 4.14. The van der Waals surface area contributed by atoms with Crippen LogP contribution in [-0.2, 0) is 7.05 Å². The van der Waals surface area contributed by atoms with Crippen molar-refractivity contribution >= 4 is 0 Å². The van der Waals surface area contributed by atoms with Crippen LogP contribution in [0.25, 0.3) is 0 Å². The molecule has 2 fully saturated rings. The predicted octanol–water partition coefficient (Wildman–Crippen LogP) is 1.28. The van der Waals surface area contributed by atoms with Crippen LogP contribution in [0.1, 0.15) is 37.5 Å². The number of rotatable bonds is 2. The Bertz CT molecular complexity index is 350. The fourth-order valence-electron chi connectivity index (χ4n) is 3.28. The van der Waals surface area contributed by atoms with E-state index in [2.05, 4.69) is 10.3 Å². The van der Waals surface area contributed by atoms with E-state index in [0.29, 0.717) is 5.92 Å². The topological polar surface area (TPSA) is 50.9 Å². The summed E-state index contributed by atoms with van der Waals surface area (Å²) >= 11 is 0. The van der Waals surface area contributed by atoms with Crippen LogP contribution >= 0.6 is 0 Å². The van der Waals surface area contributed by atoms with Gasteiger partial charge in [-0.15, -0.1) is 5.10 Å². The fourth-order valence-corrected chi connectivity index (χ4v) is 3.28. The first-order valence-corrected chi connectivity index (χ1v) is 5.81. The van der Waals surface area contributed by atoms with Gasteiger partial charge < -0.3 is 5.11 Å². The zero-order valence-corrected chi connectivity index (χ0v) is 9.00. The van der Waals surface area contributed by atoms with Crippen molar-refractivity contribution in [3.63, 3.8) is 0 Å². The average Bonchev–Trinajstić information content (AvgIpc) is 2.83. The Morgan fingerprint density at radius 1 is 1.40 bits per heavy atom. The van der Waals surface area contributed by atoms with E-state index >= 15 is 0 Å². The number of aliphatic hydroxyl groups excluding tert-OH is 1. The minimum atomic E-state index is -0.349. The third-order valence-electron chi connectivity index (χ3n) is 4.14. The second-order valence-electron chi connectivity index (χ2n) is 4.92. The Morgan fingerprint density at radius 3 is 2.60 bits per heavy atom. The van der Waals surface area contributed by atoms with Crippen LogP contribution in [0.15, 0.2) is 6.20 Å². The number of aryl methyl sites for hydroxylation is 1. The minimum Gasteiger partial charge on any atom is -0.386 e. The smallest absolute Gasteiger partial charge is 0.101 e. The van der Waals surface area contributed by atoms with E-state index in [1.165, 1.54) is 25.7 Å². The van der Waals surface area contributed by atoms with Gasteiger partial charge in [0.15, 0.2) is 0 Å². The van der Waals surface area contributed by atoms with Crippen LogP contribution < -0.4 is 0 Å². The molecule has 2 saturated carbocycles. The summed E-state index contributed by atoms with van der Waals surface area (Å²) in [7, 11) is 1.84. The summed E-state index contributed by atoms with van der Waals surface area (Å²) in [6, 6.07) is 0. The molecule has 0 saturated heterocycles. The number of fused-ring (bicyclic) bond motifs is 1. The molecule has 1 heterocycles. The molecular weight excluding hydrogens is 190 g/mol. The Kier molecular flexibility index (Phi) is 2.06. The molecule has 4 heteroatoms. The van der Waals surface area contributed by atoms with Crippen LogP contribution in [-0.4, -0.2) is 20.1 Å². The summed E-state index contributed by atoms with van der Waals surface area (Å²) in [4.78, 5) is 0. The monoisotopic (exact) mass is 207 g/mol. The highest BCUT2D eigenvalue weighted by molar-refractivity contribution is 5.11. The number of aromatic nitrogens is 3. The molecule has 0 spiro atoms. The standard InChI is InChI=1S/C11H17N3O/c1-14-9(6-12-13-14)11(15)10-7-4-2-3-5-8(7)10/h6-8,10-11,15H,2-5H2,1H3. The highest BCUT2D eigenvalue weighted by atomic mass is 16.3. The van der Waals surface area contributed by atoms with Crippen LogP contribution in [0.3, 0.4) is 0 Å². The maximum atomic E-state index is 10.3. The van der Waals surface area contributed by atoms with E-state index in [0.717, 1.165) is 17.5 Å². The van der Waals surface area contributed by atoms with E-state index in [1.54, 1.807) is 10.9 Å². The van der Waals surface area contributed by atoms with Gasteiger partial charge in [-0.25, -0.2) is 4.68 Å². The largest absolute Gasteiger partial charge is 0.386 e. The molecule has 4 nitrogen and oxygen atoms in total. The molecule has 15 heavy (non-hydrogen) atoms. The van der Waals surface area contributed by atoms with E-state index < -0.39 is 0 Å². The Hall–Kier alpha value is -0.900. The molecule has 1 aromatic heterocycles. The van der Waals surface area contributed by atoms with Gasteiger partial charge in [0.25, 0.3) is 0 Å². The van der Waals surface area contributed by atoms with Gasteiger partial charge in [0, 0.05) is 7.05 Å². The van der Waals surface area contributed by atoms with Crippen molar-refractivity contribution in [2.24, 2.45) is 24.8 Å². The molecule has 2 aliphatic rings. The van der Waals surface area contributed by atoms with Crippen LogP contribution in [0.5, 0.6) is 0 Å². The summed E-state index contributed by atoms with van der Waals surface area (Å²) in [5.74, 6) is 2.01. The molecule has 3 unspecified atom stereocenters. The maximum absolute atomic E-state index is 10.3. The Balaban J connectivity index is 1.76. The third kappa shape index (κ3) is 1.39. The molecule has 0 aromatic carbocycles. The second kappa shape index (κ2) is 3.30. The Labute approximate surface area is 89.3 Å². The summed E-state index contributed by atoms with van der Waals surface area (Å²) < 4.78 is 1.69. The van der Waals surface area contributed by atoms with Crippen molar-refractivity contribution < 1.29 is 5.11 Å². The molecule has 0 radical (unpaired) electrons. The molecule has 0 amide bonds. The molecule has 82 valence electrons. The van der Waals surface area contributed by atoms with E-state index in [1.807, 2.05) is 7.05 Å². The van der Waals surface area contributed by atoms with Crippen molar-refractivity contribution in [2.75, 3.05) is 0 Å². The molecule has 2 aliphatic carbocycles. The van der Waals surface area contributed by atoms with Gasteiger partial charge in [0.2, 0.25) is 0 Å².